The van der Waals surface area contributed by atoms with Crippen LogP contribution in [0.15, 0.2) is 54.6 Å². The number of nitrogens with zero attached hydrogens (tertiary/aromatic N) is 2. The lowest BCUT2D eigenvalue weighted by Gasteiger charge is -2.01. The number of non-ortho nitro benzene ring substituents is 1. The Labute approximate surface area is 154 Å². The van der Waals surface area contributed by atoms with E-state index in [0.29, 0.717) is 10.7 Å². The molecule has 1 aromatic heterocycles. The first kappa shape index (κ1) is 17.8. The highest BCUT2D eigenvalue weighted by atomic mass is 32.1. The van der Waals surface area contributed by atoms with Crippen LogP contribution in [0, 0.1) is 10.1 Å². The highest BCUT2D eigenvalue weighted by Crippen LogP contribution is 2.32. The zero-order chi connectivity index (χ0) is 18.5. The van der Waals surface area contributed by atoms with Crippen molar-refractivity contribution < 1.29 is 9.72 Å². The van der Waals surface area contributed by atoms with Crippen molar-refractivity contribution in [3.05, 3.63) is 75.2 Å². The molecule has 0 saturated carbocycles. The summed E-state index contributed by atoms with van der Waals surface area (Å²) in [5.74, 6) is -0.337. The number of carbonyl (C=O) groups is 1. The summed E-state index contributed by atoms with van der Waals surface area (Å²) in [6, 6.07) is 15.4. The van der Waals surface area contributed by atoms with Crippen LogP contribution in [0.4, 0.5) is 10.8 Å². The second kappa shape index (κ2) is 7.88. The summed E-state index contributed by atoms with van der Waals surface area (Å²) in [6.45, 7) is 2.10. The van der Waals surface area contributed by atoms with Gasteiger partial charge in [-0.05, 0) is 18.6 Å². The number of thiazole rings is 1. The minimum absolute atomic E-state index is 0.0487. The maximum absolute atomic E-state index is 12.4. The van der Waals surface area contributed by atoms with Gasteiger partial charge in [-0.1, -0.05) is 43.7 Å². The maximum Gasteiger partial charge on any atom is 0.269 e. The number of nitrogens with one attached hydrogen (secondary N) is 1. The number of hydrogen-bond acceptors (Lipinski definition) is 5. The quantitative estimate of drug-likeness (QED) is 0.495. The fourth-order valence-corrected chi connectivity index (χ4v) is 3.61. The largest absolute Gasteiger partial charge is 0.298 e. The first-order chi connectivity index (χ1) is 12.6. The van der Waals surface area contributed by atoms with Crippen LogP contribution in [0.5, 0.6) is 0 Å². The molecule has 0 fully saturated rings. The van der Waals surface area contributed by atoms with E-state index in [2.05, 4.69) is 17.2 Å². The molecule has 7 heteroatoms. The second-order valence-corrected chi connectivity index (χ2v) is 6.75. The molecule has 3 rings (SSSR count). The Hall–Kier alpha value is -3.06. The molecule has 26 heavy (non-hydrogen) atoms. The summed E-state index contributed by atoms with van der Waals surface area (Å²) in [4.78, 5) is 28.3. The minimum Gasteiger partial charge on any atom is -0.298 e. The van der Waals surface area contributed by atoms with Crippen LogP contribution in [-0.2, 0) is 6.42 Å². The summed E-state index contributed by atoms with van der Waals surface area (Å²) in [6.07, 6.45) is 1.87. The third-order valence-corrected chi connectivity index (χ3v) is 4.81. The molecule has 0 radical (unpaired) electrons. The van der Waals surface area contributed by atoms with Crippen molar-refractivity contribution >= 4 is 28.1 Å². The lowest BCUT2D eigenvalue weighted by Crippen LogP contribution is -2.11. The van der Waals surface area contributed by atoms with Crippen molar-refractivity contribution in [2.75, 3.05) is 5.32 Å². The maximum atomic E-state index is 12.4. The van der Waals surface area contributed by atoms with E-state index in [1.807, 2.05) is 30.3 Å². The topological polar surface area (TPSA) is 85.1 Å². The molecule has 0 saturated heterocycles. The summed E-state index contributed by atoms with van der Waals surface area (Å²) < 4.78 is 0. The Morgan fingerprint density at radius 2 is 1.85 bits per heavy atom. The van der Waals surface area contributed by atoms with E-state index < -0.39 is 4.92 Å². The van der Waals surface area contributed by atoms with Gasteiger partial charge in [0, 0.05) is 28.1 Å². The van der Waals surface area contributed by atoms with Crippen molar-refractivity contribution in [1.82, 2.24) is 4.98 Å². The molecule has 0 bridgehead atoms. The molecule has 2 aromatic carbocycles. The molecule has 1 heterocycles. The van der Waals surface area contributed by atoms with Gasteiger partial charge in [-0.25, -0.2) is 4.98 Å². The molecule has 6 nitrogen and oxygen atoms in total. The van der Waals surface area contributed by atoms with Crippen LogP contribution in [-0.4, -0.2) is 15.8 Å². The van der Waals surface area contributed by atoms with Gasteiger partial charge in [0.25, 0.3) is 11.6 Å². The molecule has 0 spiro atoms. The monoisotopic (exact) mass is 367 g/mol. The van der Waals surface area contributed by atoms with Crippen LogP contribution in [0.25, 0.3) is 11.3 Å². The van der Waals surface area contributed by atoms with E-state index in [1.165, 1.54) is 35.6 Å². The van der Waals surface area contributed by atoms with E-state index in [9.17, 15) is 14.9 Å². The van der Waals surface area contributed by atoms with E-state index >= 15 is 0 Å². The SMILES string of the molecule is CCCc1sc(NC(=O)c2ccc([N+](=O)[O-])cc2)nc1-c1ccccc1. The molecule has 0 aliphatic rings. The zero-order valence-corrected chi connectivity index (χ0v) is 15.0. The minimum atomic E-state index is -0.494. The van der Waals surface area contributed by atoms with Gasteiger partial charge in [0.05, 0.1) is 10.6 Å². The van der Waals surface area contributed by atoms with Gasteiger partial charge in [-0.3, -0.25) is 20.2 Å². The van der Waals surface area contributed by atoms with Crippen LogP contribution >= 0.6 is 11.3 Å². The molecular formula is C19H17N3O3S. The van der Waals surface area contributed by atoms with Crippen molar-refractivity contribution in [3.63, 3.8) is 0 Å². The third-order valence-electron chi connectivity index (χ3n) is 3.78. The molecule has 1 amide bonds. The number of amides is 1. The summed E-state index contributed by atoms with van der Waals surface area (Å²) >= 11 is 1.46. The number of hydrogen-bond donors (Lipinski definition) is 1. The first-order valence-electron chi connectivity index (χ1n) is 8.19. The Kier molecular flexibility index (Phi) is 5.38. The summed E-state index contributed by atoms with van der Waals surface area (Å²) in [5, 5.41) is 14.0. The number of aryl methyl sites for hydroxylation is 1. The predicted octanol–water partition coefficient (Wildman–Crippen LogP) is 4.92. The van der Waals surface area contributed by atoms with Gasteiger partial charge in [0.15, 0.2) is 5.13 Å². The number of carbonyl (C=O) groups excluding carboxylic acids is 1. The molecule has 0 aliphatic heterocycles. The summed E-state index contributed by atoms with van der Waals surface area (Å²) in [5.41, 5.74) is 2.20. The van der Waals surface area contributed by atoms with Crippen LogP contribution in [0.3, 0.4) is 0 Å². The molecule has 0 aliphatic carbocycles. The van der Waals surface area contributed by atoms with Gasteiger partial charge in [-0.15, -0.1) is 11.3 Å². The molecule has 3 aromatic rings. The van der Waals surface area contributed by atoms with Crippen molar-refractivity contribution in [2.45, 2.75) is 19.8 Å². The molecule has 0 unspecified atom stereocenters. The Balaban J connectivity index is 1.83. The lowest BCUT2D eigenvalue weighted by atomic mass is 10.1. The average Bonchev–Trinajstić information content (AvgIpc) is 3.05. The van der Waals surface area contributed by atoms with Crippen molar-refractivity contribution in [3.8, 4) is 11.3 Å². The Bertz CT molecular complexity index is 921. The van der Waals surface area contributed by atoms with Gasteiger partial charge in [-0.2, -0.15) is 0 Å². The number of benzene rings is 2. The van der Waals surface area contributed by atoms with E-state index in [4.69, 9.17) is 0 Å². The van der Waals surface area contributed by atoms with Gasteiger partial charge in [0.1, 0.15) is 0 Å². The lowest BCUT2D eigenvalue weighted by molar-refractivity contribution is -0.384. The van der Waals surface area contributed by atoms with E-state index in [0.717, 1.165) is 29.0 Å². The molecule has 132 valence electrons. The Morgan fingerprint density at radius 3 is 2.46 bits per heavy atom. The van der Waals surface area contributed by atoms with Crippen LogP contribution < -0.4 is 5.32 Å². The fraction of sp³-hybridized carbons (Fsp3) is 0.158. The van der Waals surface area contributed by atoms with E-state index in [1.54, 1.807) is 0 Å². The van der Waals surface area contributed by atoms with Crippen molar-refractivity contribution in [2.24, 2.45) is 0 Å². The zero-order valence-electron chi connectivity index (χ0n) is 14.1. The number of nitro groups is 1. The Morgan fingerprint density at radius 1 is 1.15 bits per heavy atom. The number of nitro benzene ring substituents is 1. The third kappa shape index (κ3) is 3.94. The number of aromatic nitrogens is 1. The van der Waals surface area contributed by atoms with Crippen LogP contribution in [0.1, 0.15) is 28.6 Å². The number of rotatable bonds is 6. The molecule has 0 atom stereocenters. The van der Waals surface area contributed by atoms with E-state index in [-0.39, 0.29) is 11.6 Å². The van der Waals surface area contributed by atoms with Gasteiger partial charge < -0.3 is 0 Å². The normalized spacial score (nSPS) is 10.5. The van der Waals surface area contributed by atoms with Gasteiger partial charge >= 0.3 is 0 Å². The van der Waals surface area contributed by atoms with Crippen LogP contribution in [0.2, 0.25) is 0 Å². The highest BCUT2D eigenvalue weighted by Gasteiger charge is 2.15. The molecule has 1 N–H and O–H groups in total. The molecular weight excluding hydrogens is 350 g/mol. The fourth-order valence-electron chi connectivity index (χ4n) is 2.53. The second-order valence-electron chi connectivity index (χ2n) is 5.66. The van der Waals surface area contributed by atoms with Gasteiger partial charge in [0.2, 0.25) is 0 Å². The first-order valence-corrected chi connectivity index (χ1v) is 9.01. The smallest absolute Gasteiger partial charge is 0.269 e. The standard InChI is InChI=1S/C19H17N3O3S/c1-2-6-16-17(13-7-4-3-5-8-13)20-19(26-16)21-18(23)14-9-11-15(12-10-14)22(24)25/h3-5,7-12H,2,6H2,1H3,(H,20,21,23). The summed E-state index contributed by atoms with van der Waals surface area (Å²) in [7, 11) is 0. The highest BCUT2D eigenvalue weighted by molar-refractivity contribution is 7.16. The number of anilines is 1. The average molecular weight is 367 g/mol. The van der Waals surface area contributed by atoms with Crippen molar-refractivity contribution in [1.29, 1.82) is 0 Å². The predicted molar refractivity (Wildman–Crippen MR) is 103 cm³/mol.